The summed E-state index contributed by atoms with van der Waals surface area (Å²) in [5.41, 5.74) is 1.57. The Morgan fingerprint density at radius 2 is 2.00 bits per heavy atom. The van der Waals surface area contributed by atoms with E-state index in [-0.39, 0.29) is 4.90 Å². The zero-order valence-electron chi connectivity index (χ0n) is 14.6. The van der Waals surface area contributed by atoms with Crippen LogP contribution in [0, 0.1) is 0 Å². The van der Waals surface area contributed by atoms with E-state index in [0.717, 1.165) is 12.0 Å². The summed E-state index contributed by atoms with van der Waals surface area (Å²) in [6, 6.07) is 8.58. The average Bonchev–Trinajstić information content (AvgIpc) is 2.64. The lowest BCUT2D eigenvalue weighted by atomic mass is 10.2. The van der Waals surface area contributed by atoms with Crippen molar-refractivity contribution >= 4 is 26.6 Å². The van der Waals surface area contributed by atoms with Crippen molar-refractivity contribution in [2.24, 2.45) is 0 Å². The van der Waals surface area contributed by atoms with Crippen LogP contribution in [0.4, 0.5) is 5.82 Å². The van der Waals surface area contributed by atoms with Crippen LogP contribution in [-0.2, 0) is 16.4 Å². The van der Waals surface area contributed by atoms with Crippen LogP contribution in [0.25, 0.3) is 10.9 Å². The van der Waals surface area contributed by atoms with Gasteiger partial charge in [-0.1, -0.05) is 13.0 Å². The molecule has 0 atom stereocenters. The Labute approximate surface area is 152 Å². The molecule has 0 amide bonds. The minimum absolute atomic E-state index is 0.233. The summed E-state index contributed by atoms with van der Waals surface area (Å²) in [4.78, 5) is 12.9. The topological polar surface area (TPSA) is 94.1 Å². The molecule has 0 bridgehead atoms. The smallest absolute Gasteiger partial charge is 0.218 e. The van der Waals surface area contributed by atoms with Crippen LogP contribution in [0.3, 0.4) is 0 Å². The molecule has 1 aromatic carbocycles. The maximum Gasteiger partial charge on any atom is 0.218 e. The lowest BCUT2D eigenvalue weighted by Crippen LogP contribution is -2.07. The summed E-state index contributed by atoms with van der Waals surface area (Å²) in [5.74, 6) is 1.14. The lowest BCUT2D eigenvalue weighted by Gasteiger charge is -2.12. The van der Waals surface area contributed by atoms with Gasteiger partial charge in [0.1, 0.15) is 12.1 Å². The van der Waals surface area contributed by atoms with Gasteiger partial charge in [-0.25, -0.2) is 23.4 Å². The highest BCUT2D eigenvalue weighted by atomic mass is 32.2. The Balaban J connectivity index is 1.90. The number of hydrogen-bond donors (Lipinski definition) is 1. The van der Waals surface area contributed by atoms with E-state index in [1.54, 1.807) is 24.4 Å². The second-order valence-electron chi connectivity index (χ2n) is 5.84. The number of aromatic nitrogens is 3. The molecule has 2 heterocycles. The maximum absolute atomic E-state index is 11.8. The maximum atomic E-state index is 11.8. The predicted molar refractivity (Wildman–Crippen MR) is 100.0 cm³/mol. The number of nitrogens with zero attached hydrogens (tertiary/aromatic N) is 3. The van der Waals surface area contributed by atoms with Gasteiger partial charge in [-0.3, -0.25) is 0 Å². The third-order valence-corrected chi connectivity index (χ3v) is 4.88. The normalized spacial score (nSPS) is 11.5. The molecular weight excluding hydrogens is 352 g/mol. The van der Waals surface area contributed by atoms with Crippen molar-refractivity contribution in [2.45, 2.75) is 24.8 Å². The minimum Gasteiger partial charge on any atom is -0.477 e. The van der Waals surface area contributed by atoms with E-state index in [1.165, 1.54) is 12.6 Å². The molecule has 26 heavy (non-hydrogen) atoms. The highest BCUT2D eigenvalue weighted by molar-refractivity contribution is 7.90. The monoisotopic (exact) mass is 372 g/mol. The van der Waals surface area contributed by atoms with Gasteiger partial charge in [0, 0.05) is 29.9 Å². The van der Waals surface area contributed by atoms with Crippen LogP contribution in [-0.4, -0.2) is 36.2 Å². The van der Waals surface area contributed by atoms with Crippen molar-refractivity contribution in [3.63, 3.8) is 0 Å². The number of anilines is 1. The first-order chi connectivity index (χ1) is 12.5. The van der Waals surface area contributed by atoms with E-state index < -0.39 is 9.84 Å². The molecule has 0 fully saturated rings. The van der Waals surface area contributed by atoms with Gasteiger partial charge < -0.3 is 10.1 Å². The predicted octanol–water partition coefficient (Wildman–Crippen LogP) is 2.83. The molecule has 0 aliphatic rings. The Morgan fingerprint density at radius 3 is 2.77 bits per heavy atom. The Bertz CT molecular complexity index is 1020. The summed E-state index contributed by atoms with van der Waals surface area (Å²) in [6.45, 7) is 3.08. The number of pyridine rings is 1. The van der Waals surface area contributed by atoms with E-state index in [1.807, 2.05) is 19.1 Å². The second kappa shape index (κ2) is 7.65. The Morgan fingerprint density at radius 1 is 1.15 bits per heavy atom. The fourth-order valence-electron chi connectivity index (χ4n) is 2.47. The van der Waals surface area contributed by atoms with Crippen molar-refractivity contribution < 1.29 is 13.2 Å². The van der Waals surface area contributed by atoms with E-state index in [2.05, 4.69) is 20.3 Å². The van der Waals surface area contributed by atoms with E-state index in [0.29, 0.717) is 35.8 Å². The fraction of sp³-hybridized carbons (Fsp3) is 0.278. The molecule has 8 heteroatoms. The molecule has 0 unspecified atom stereocenters. The molecule has 2 aromatic heterocycles. The first-order valence-corrected chi connectivity index (χ1v) is 10.1. The van der Waals surface area contributed by atoms with E-state index >= 15 is 0 Å². The van der Waals surface area contributed by atoms with Crippen LogP contribution in [0.2, 0.25) is 0 Å². The second-order valence-corrected chi connectivity index (χ2v) is 7.86. The number of benzene rings is 1. The standard InChI is InChI=1S/C18H20N4O3S/c1-3-9-25-18-13(5-4-8-19-18)11-20-17-15-10-14(26(2,23)24)6-7-16(15)21-12-22-17/h4-8,10,12H,3,9,11H2,1-2H3,(H,20,21,22). The summed E-state index contributed by atoms with van der Waals surface area (Å²) < 4.78 is 29.3. The van der Waals surface area contributed by atoms with Crippen molar-refractivity contribution in [3.8, 4) is 5.88 Å². The van der Waals surface area contributed by atoms with Crippen molar-refractivity contribution in [1.29, 1.82) is 0 Å². The fourth-order valence-corrected chi connectivity index (χ4v) is 3.12. The molecule has 0 saturated carbocycles. The molecule has 3 aromatic rings. The number of fused-ring (bicyclic) bond motifs is 1. The van der Waals surface area contributed by atoms with Crippen molar-refractivity contribution in [1.82, 2.24) is 15.0 Å². The van der Waals surface area contributed by atoms with Crippen LogP contribution in [0.15, 0.2) is 47.8 Å². The third-order valence-electron chi connectivity index (χ3n) is 3.77. The molecule has 1 N–H and O–H groups in total. The Kier molecular flexibility index (Phi) is 5.32. The van der Waals surface area contributed by atoms with Gasteiger partial charge in [0.25, 0.3) is 0 Å². The zero-order chi connectivity index (χ0) is 18.6. The van der Waals surface area contributed by atoms with Crippen LogP contribution in [0.1, 0.15) is 18.9 Å². The van der Waals surface area contributed by atoms with Gasteiger partial charge >= 0.3 is 0 Å². The van der Waals surface area contributed by atoms with Gasteiger partial charge in [-0.2, -0.15) is 0 Å². The molecule has 7 nitrogen and oxygen atoms in total. The molecule has 0 spiro atoms. The van der Waals surface area contributed by atoms with Gasteiger partial charge in [0.15, 0.2) is 9.84 Å². The zero-order valence-corrected chi connectivity index (χ0v) is 15.5. The number of ether oxygens (including phenoxy) is 1. The summed E-state index contributed by atoms with van der Waals surface area (Å²) in [7, 11) is -3.31. The van der Waals surface area contributed by atoms with Gasteiger partial charge in [0.05, 0.1) is 17.0 Å². The van der Waals surface area contributed by atoms with Crippen LogP contribution < -0.4 is 10.1 Å². The summed E-state index contributed by atoms with van der Waals surface area (Å²) in [5, 5.41) is 3.88. The molecule has 0 aliphatic carbocycles. The quantitative estimate of drug-likeness (QED) is 0.681. The van der Waals surface area contributed by atoms with Gasteiger partial charge in [0.2, 0.25) is 5.88 Å². The molecular formula is C18H20N4O3S. The van der Waals surface area contributed by atoms with Gasteiger partial charge in [-0.05, 0) is 30.7 Å². The third kappa shape index (κ3) is 4.08. The highest BCUT2D eigenvalue weighted by Gasteiger charge is 2.12. The minimum atomic E-state index is -3.31. The molecule has 3 rings (SSSR count). The summed E-state index contributed by atoms with van der Waals surface area (Å²) in [6.07, 6.45) is 5.21. The highest BCUT2D eigenvalue weighted by Crippen LogP contribution is 2.24. The number of rotatable bonds is 7. The van der Waals surface area contributed by atoms with Crippen LogP contribution in [0.5, 0.6) is 5.88 Å². The Hall–Kier alpha value is -2.74. The van der Waals surface area contributed by atoms with E-state index in [9.17, 15) is 8.42 Å². The van der Waals surface area contributed by atoms with Crippen molar-refractivity contribution in [2.75, 3.05) is 18.2 Å². The largest absolute Gasteiger partial charge is 0.477 e. The van der Waals surface area contributed by atoms with Crippen LogP contribution >= 0.6 is 0 Å². The number of nitrogens with one attached hydrogen (secondary N) is 1. The van der Waals surface area contributed by atoms with Crippen molar-refractivity contribution in [3.05, 3.63) is 48.4 Å². The molecule has 0 radical (unpaired) electrons. The number of sulfone groups is 1. The first kappa shape index (κ1) is 18.1. The van der Waals surface area contributed by atoms with Gasteiger partial charge in [-0.15, -0.1) is 0 Å². The SMILES string of the molecule is CCCOc1ncccc1CNc1ncnc2ccc(S(C)(=O)=O)cc12. The number of hydrogen-bond acceptors (Lipinski definition) is 7. The lowest BCUT2D eigenvalue weighted by molar-refractivity contribution is 0.302. The first-order valence-electron chi connectivity index (χ1n) is 8.24. The molecule has 136 valence electrons. The van der Waals surface area contributed by atoms with E-state index in [4.69, 9.17) is 4.74 Å². The molecule has 0 aliphatic heterocycles. The molecule has 0 saturated heterocycles. The average molecular weight is 372 g/mol. The summed E-state index contributed by atoms with van der Waals surface area (Å²) >= 11 is 0.